The predicted octanol–water partition coefficient (Wildman–Crippen LogP) is 3.99. The second-order valence-electron chi connectivity index (χ2n) is 4.43. The Labute approximate surface area is 126 Å². The monoisotopic (exact) mass is 342 g/mol. The van der Waals surface area contributed by atoms with Gasteiger partial charge in [-0.25, -0.2) is 4.98 Å². The van der Waals surface area contributed by atoms with Crippen LogP contribution < -0.4 is 0 Å². The first-order valence-corrected chi connectivity index (χ1v) is 7.42. The number of benzene rings is 1. The van der Waals surface area contributed by atoms with Gasteiger partial charge in [-0.15, -0.1) is 0 Å². The minimum absolute atomic E-state index is 0.491. The van der Waals surface area contributed by atoms with Crippen molar-refractivity contribution in [2.24, 2.45) is 0 Å². The maximum absolute atomic E-state index is 10.3. The van der Waals surface area contributed by atoms with Gasteiger partial charge >= 0.3 is 0 Å². The topological polar surface area (TPSA) is 38.0 Å². The van der Waals surface area contributed by atoms with Crippen molar-refractivity contribution >= 4 is 27.5 Å². The molecule has 1 unspecified atom stereocenters. The lowest BCUT2D eigenvalue weighted by molar-refractivity contribution is 0.174. The number of rotatable bonds is 5. The van der Waals surface area contributed by atoms with E-state index in [2.05, 4.69) is 32.4 Å². The molecule has 5 heteroatoms. The summed E-state index contributed by atoms with van der Waals surface area (Å²) in [5.74, 6) is 0.897. The quantitative estimate of drug-likeness (QED) is 0.891. The summed E-state index contributed by atoms with van der Waals surface area (Å²) in [6, 6.07) is 5.50. The molecule has 0 spiro atoms. The summed E-state index contributed by atoms with van der Waals surface area (Å²) in [5.41, 5.74) is 0.805. The lowest BCUT2D eigenvalue weighted by Gasteiger charge is -2.13. The van der Waals surface area contributed by atoms with Crippen LogP contribution in [0, 0.1) is 0 Å². The molecule has 102 valence electrons. The van der Waals surface area contributed by atoms with Crippen molar-refractivity contribution in [1.82, 2.24) is 9.55 Å². The molecule has 1 aromatic carbocycles. The van der Waals surface area contributed by atoms with Crippen molar-refractivity contribution in [3.8, 4) is 0 Å². The molecule has 0 saturated heterocycles. The fourth-order valence-corrected chi connectivity index (χ4v) is 2.42. The highest BCUT2D eigenvalue weighted by molar-refractivity contribution is 9.10. The fraction of sp³-hybridized carbons (Fsp3) is 0.357. The Hall–Kier alpha value is -0.840. The number of aromatic nitrogens is 2. The van der Waals surface area contributed by atoms with Gasteiger partial charge in [-0.3, -0.25) is 0 Å². The predicted molar refractivity (Wildman–Crippen MR) is 80.3 cm³/mol. The highest BCUT2D eigenvalue weighted by atomic mass is 79.9. The van der Waals surface area contributed by atoms with Gasteiger partial charge in [0.15, 0.2) is 0 Å². The Kier molecular flexibility index (Phi) is 5.02. The smallest absolute Gasteiger partial charge is 0.111 e. The molecule has 1 N–H and O–H groups in total. The van der Waals surface area contributed by atoms with Crippen LogP contribution in [0.15, 0.2) is 35.1 Å². The molecule has 19 heavy (non-hydrogen) atoms. The van der Waals surface area contributed by atoms with Crippen LogP contribution in [0.4, 0.5) is 0 Å². The summed E-state index contributed by atoms with van der Waals surface area (Å²) in [5, 5.41) is 10.9. The number of halogens is 2. The van der Waals surface area contributed by atoms with E-state index in [1.54, 1.807) is 12.3 Å². The summed E-state index contributed by atoms with van der Waals surface area (Å²) in [6.45, 7) is 3.04. The van der Waals surface area contributed by atoms with Crippen molar-refractivity contribution in [2.75, 3.05) is 0 Å². The second-order valence-corrected chi connectivity index (χ2v) is 5.69. The molecule has 0 bridgehead atoms. The van der Waals surface area contributed by atoms with Gasteiger partial charge in [0, 0.05) is 29.8 Å². The molecule has 0 radical (unpaired) electrons. The molecule has 2 rings (SSSR count). The van der Waals surface area contributed by atoms with Gasteiger partial charge in [-0.05, 0) is 40.0 Å². The van der Waals surface area contributed by atoms with Crippen LogP contribution in [0.1, 0.15) is 30.8 Å². The van der Waals surface area contributed by atoms with Crippen molar-refractivity contribution in [2.45, 2.75) is 32.4 Å². The van der Waals surface area contributed by atoms with E-state index in [4.69, 9.17) is 11.6 Å². The number of hydrogen-bond donors (Lipinski definition) is 1. The number of imidazole rings is 1. The molecule has 0 saturated carbocycles. The molecule has 0 aliphatic heterocycles. The minimum Gasteiger partial charge on any atom is -0.388 e. The zero-order valence-corrected chi connectivity index (χ0v) is 13.0. The number of aryl methyl sites for hydroxylation is 1. The molecule has 1 aromatic heterocycles. The maximum atomic E-state index is 10.3. The molecular formula is C14H16BrClN2O. The van der Waals surface area contributed by atoms with E-state index in [1.165, 1.54) is 0 Å². The van der Waals surface area contributed by atoms with Crippen molar-refractivity contribution < 1.29 is 5.11 Å². The molecule has 1 atom stereocenters. The van der Waals surface area contributed by atoms with Crippen molar-refractivity contribution in [3.63, 3.8) is 0 Å². The van der Waals surface area contributed by atoms with Crippen molar-refractivity contribution in [1.29, 1.82) is 0 Å². The lowest BCUT2D eigenvalue weighted by Crippen LogP contribution is -2.09. The van der Waals surface area contributed by atoms with Gasteiger partial charge in [-0.2, -0.15) is 0 Å². The van der Waals surface area contributed by atoms with Crippen molar-refractivity contribution in [3.05, 3.63) is 51.5 Å². The van der Waals surface area contributed by atoms with Gasteiger partial charge < -0.3 is 9.67 Å². The third kappa shape index (κ3) is 3.59. The first-order chi connectivity index (χ1) is 9.11. The van der Waals surface area contributed by atoms with Gasteiger partial charge in [0.25, 0.3) is 0 Å². The Morgan fingerprint density at radius 1 is 1.47 bits per heavy atom. The molecule has 1 heterocycles. The zero-order valence-electron chi connectivity index (χ0n) is 10.7. The van der Waals surface area contributed by atoms with E-state index in [9.17, 15) is 5.11 Å². The largest absolute Gasteiger partial charge is 0.388 e. The Bertz CT molecular complexity index is 556. The maximum Gasteiger partial charge on any atom is 0.111 e. The Balaban J connectivity index is 2.13. The van der Waals surface area contributed by atoms with Crippen LogP contribution in [-0.2, 0) is 13.0 Å². The summed E-state index contributed by atoms with van der Waals surface area (Å²) in [6.07, 6.45) is 4.66. The average Bonchev–Trinajstić information content (AvgIpc) is 2.80. The zero-order chi connectivity index (χ0) is 13.8. The highest BCUT2D eigenvalue weighted by Crippen LogP contribution is 2.27. The van der Waals surface area contributed by atoms with E-state index >= 15 is 0 Å². The summed E-state index contributed by atoms with van der Waals surface area (Å²) in [7, 11) is 0. The molecular weight excluding hydrogens is 328 g/mol. The van der Waals surface area contributed by atoms with Crippen LogP contribution in [0.3, 0.4) is 0 Å². The SMILES string of the molecule is CCCn1ccnc1CC(O)c1ccc(Br)c(Cl)c1. The van der Waals surface area contributed by atoms with Crippen LogP contribution >= 0.6 is 27.5 Å². The number of aliphatic hydroxyl groups excluding tert-OH is 1. The Morgan fingerprint density at radius 2 is 2.26 bits per heavy atom. The summed E-state index contributed by atoms with van der Waals surface area (Å²) >= 11 is 9.38. The number of aliphatic hydroxyl groups is 1. The molecule has 0 fully saturated rings. The third-order valence-electron chi connectivity index (χ3n) is 2.97. The van der Waals surface area contributed by atoms with Crippen LogP contribution in [0.5, 0.6) is 0 Å². The van der Waals surface area contributed by atoms with E-state index in [-0.39, 0.29) is 0 Å². The minimum atomic E-state index is -0.594. The van der Waals surface area contributed by atoms with Gasteiger partial charge in [0.1, 0.15) is 5.82 Å². The van der Waals surface area contributed by atoms with Crippen LogP contribution in [0.25, 0.3) is 0 Å². The summed E-state index contributed by atoms with van der Waals surface area (Å²) < 4.78 is 2.90. The van der Waals surface area contributed by atoms with Crippen LogP contribution in [0.2, 0.25) is 5.02 Å². The highest BCUT2D eigenvalue weighted by Gasteiger charge is 2.13. The van der Waals surface area contributed by atoms with Gasteiger partial charge in [0.2, 0.25) is 0 Å². The van der Waals surface area contributed by atoms with E-state index < -0.39 is 6.10 Å². The standard InChI is InChI=1S/C14H16BrClN2O/c1-2-6-18-7-5-17-14(18)9-13(19)10-3-4-11(15)12(16)8-10/h3-5,7-8,13,19H,2,6,9H2,1H3. The summed E-state index contributed by atoms with van der Waals surface area (Å²) in [4.78, 5) is 4.30. The fourth-order valence-electron chi connectivity index (χ4n) is 1.98. The lowest BCUT2D eigenvalue weighted by atomic mass is 10.1. The van der Waals surface area contributed by atoms with Gasteiger partial charge in [-0.1, -0.05) is 24.6 Å². The van der Waals surface area contributed by atoms with Crippen LogP contribution in [-0.4, -0.2) is 14.7 Å². The van der Waals surface area contributed by atoms with E-state index in [0.717, 1.165) is 28.8 Å². The van der Waals surface area contributed by atoms with E-state index in [0.29, 0.717) is 11.4 Å². The normalized spacial score (nSPS) is 12.6. The molecule has 0 aliphatic rings. The first-order valence-electron chi connectivity index (χ1n) is 6.24. The molecule has 0 aliphatic carbocycles. The average molecular weight is 344 g/mol. The third-order valence-corrected chi connectivity index (χ3v) is 4.20. The second kappa shape index (κ2) is 6.55. The van der Waals surface area contributed by atoms with Gasteiger partial charge in [0.05, 0.1) is 11.1 Å². The number of hydrogen-bond acceptors (Lipinski definition) is 2. The first kappa shape index (κ1) is 14.6. The number of nitrogens with zero attached hydrogens (tertiary/aromatic N) is 2. The molecule has 3 nitrogen and oxygen atoms in total. The molecule has 2 aromatic rings. The Morgan fingerprint density at radius 3 is 2.95 bits per heavy atom. The molecule has 0 amide bonds. The van der Waals surface area contributed by atoms with E-state index in [1.807, 2.05) is 18.3 Å².